The number of rotatable bonds is 10. The fraction of sp³-hybridized carbons (Fsp3) is 0.400. The molecule has 0 spiro atoms. The van der Waals surface area contributed by atoms with E-state index in [0.29, 0.717) is 35.8 Å². The minimum absolute atomic E-state index is 0.0375. The van der Waals surface area contributed by atoms with Crippen LogP contribution in [0.4, 0.5) is 5.69 Å². The first kappa shape index (κ1) is 25.5. The van der Waals surface area contributed by atoms with E-state index in [4.69, 9.17) is 21.6 Å². The molecule has 180 valence electrons. The number of nitrogens with one attached hydrogen (secondary N) is 3. The Morgan fingerprint density at radius 1 is 1.32 bits per heavy atom. The Hall–Kier alpha value is -3.12. The average molecular weight is 484 g/mol. The van der Waals surface area contributed by atoms with E-state index in [2.05, 4.69) is 21.2 Å². The van der Waals surface area contributed by atoms with Crippen LogP contribution in [0.15, 0.2) is 47.6 Å². The smallest absolute Gasteiger partial charge is 0.240 e. The van der Waals surface area contributed by atoms with E-state index in [1.807, 2.05) is 51.1 Å². The Bertz CT molecular complexity index is 1080. The summed E-state index contributed by atoms with van der Waals surface area (Å²) in [6, 6.07) is 14.8. The summed E-state index contributed by atoms with van der Waals surface area (Å²) in [6.45, 7) is 7.05. The molecule has 0 unspecified atom stereocenters. The lowest BCUT2D eigenvalue weighted by molar-refractivity contribution is -0.121. The van der Waals surface area contributed by atoms with Crippen LogP contribution in [-0.2, 0) is 4.79 Å². The van der Waals surface area contributed by atoms with Gasteiger partial charge in [-0.2, -0.15) is 10.4 Å². The van der Waals surface area contributed by atoms with Crippen LogP contribution >= 0.6 is 11.6 Å². The molecule has 8 nitrogen and oxygen atoms in total. The molecule has 1 aliphatic rings. The number of carbonyl (C=O) groups is 1. The molecule has 34 heavy (non-hydrogen) atoms. The van der Waals surface area contributed by atoms with E-state index < -0.39 is 6.10 Å². The summed E-state index contributed by atoms with van der Waals surface area (Å²) in [6.07, 6.45) is -0.323. The van der Waals surface area contributed by atoms with Crippen molar-refractivity contribution in [3.63, 3.8) is 0 Å². The zero-order valence-electron chi connectivity index (χ0n) is 19.6. The fourth-order valence-electron chi connectivity index (χ4n) is 3.49. The molecular formula is C25H30ClN5O3. The second kappa shape index (κ2) is 11.3. The number of amides is 1. The van der Waals surface area contributed by atoms with Gasteiger partial charge in [0.2, 0.25) is 5.91 Å². The molecule has 0 bridgehead atoms. The second-order valence-corrected chi connectivity index (χ2v) is 9.49. The monoisotopic (exact) mass is 483 g/mol. The highest BCUT2D eigenvalue weighted by atomic mass is 35.5. The number of nitrogens with zero attached hydrogens (tertiary/aromatic N) is 2. The molecule has 0 saturated heterocycles. The van der Waals surface area contributed by atoms with Crippen LogP contribution < -0.4 is 20.8 Å². The van der Waals surface area contributed by atoms with Gasteiger partial charge in [-0.05, 0) is 43.7 Å². The highest BCUT2D eigenvalue weighted by molar-refractivity contribution is 6.30. The summed E-state index contributed by atoms with van der Waals surface area (Å²) < 4.78 is 5.59. The summed E-state index contributed by atoms with van der Waals surface area (Å²) >= 11 is 5.96. The molecule has 3 rings (SSSR count). The lowest BCUT2D eigenvalue weighted by Crippen LogP contribution is -2.49. The molecular weight excluding hydrogens is 454 g/mol. The maximum Gasteiger partial charge on any atom is 0.240 e. The van der Waals surface area contributed by atoms with Gasteiger partial charge in [-0.1, -0.05) is 30.7 Å². The normalized spacial score (nSPS) is 16.8. The number of hydrogen-bond donors (Lipinski definition) is 4. The van der Waals surface area contributed by atoms with E-state index in [1.54, 1.807) is 18.2 Å². The molecule has 2 aromatic rings. The lowest BCUT2D eigenvalue weighted by atomic mass is 9.94. The third-order valence-electron chi connectivity index (χ3n) is 5.49. The Morgan fingerprint density at radius 2 is 2.06 bits per heavy atom. The molecule has 2 atom stereocenters. The minimum atomic E-state index is -0.761. The van der Waals surface area contributed by atoms with Crippen LogP contribution in [0.2, 0.25) is 5.02 Å². The van der Waals surface area contributed by atoms with Gasteiger partial charge in [-0.15, -0.1) is 0 Å². The van der Waals surface area contributed by atoms with E-state index >= 15 is 0 Å². The van der Waals surface area contributed by atoms with Crippen LogP contribution in [0, 0.1) is 17.2 Å². The van der Waals surface area contributed by atoms with Crippen LogP contribution in [-0.4, -0.2) is 48.1 Å². The molecule has 1 aliphatic heterocycles. The zero-order valence-corrected chi connectivity index (χ0v) is 20.3. The molecule has 9 heteroatoms. The summed E-state index contributed by atoms with van der Waals surface area (Å²) in [5.41, 5.74) is 5.43. The third-order valence-corrected chi connectivity index (χ3v) is 5.72. The Kier molecular flexibility index (Phi) is 8.51. The number of benzene rings is 2. The van der Waals surface area contributed by atoms with Crippen molar-refractivity contribution in [3.05, 3.63) is 58.6 Å². The van der Waals surface area contributed by atoms with Crippen molar-refractivity contribution in [1.29, 1.82) is 5.26 Å². The predicted molar refractivity (Wildman–Crippen MR) is 133 cm³/mol. The molecule has 0 aliphatic carbocycles. The molecule has 1 amide bonds. The number of halogens is 1. The van der Waals surface area contributed by atoms with Crippen molar-refractivity contribution in [2.75, 3.05) is 25.0 Å². The number of aliphatic hydroxyl groups excluding tert-OH is 1. The topological polar surface area (TPSA) is 119 Å². The largest absolute Gasteiger partial charge is 0.489 e. The highest BCUT2D eigenvalue weighted by Gasteiger charge is 2.22. The van der Waals surface area contributed by atoms with E-state index in [9.17, 15) is 9.90 Å². The third kappa shape index (κ3) is 7.19. The number of ether oxygens (including phenoxy) is 1. The van der Waals surface area contributed by atoms with Gasteiger partial charge in [0.1, 0.15) is 24.5 Å². The predicted octanol–water partition coefficient (Wildman–Crippen LogP) is 3.29. The number of hydrazone groups is 1. The number of anilines is 1. The van der Waals surface area contributed by atoms with Crippen molar-refractivity contribution in [2.45, 2.75) is 38.8 Å². The quantitative estimate of drug-likeness (QED) is 0.411. The van der Waals surface area contributed by atoms with Gasteiger partial charge >= 0.3 is 0 Å². The van der Waals surface area contributed by atoms with Crippen LogP contribution in [0.1, 0.15) is 38.3 Å². The average Bonchev–Trinajstić information content (AvgIpc) is 2.81. The number of β-amino-alcohol motifs (C(OH)–C–C–N with tert-alkyl or cyclic N) is 1. The molecule has 0 radical (unpaired) electrons. The SMILES string of the molecule is C[C@@H]1CC(=O)NN=C1c1ccc(NCC(C)(C)NC[C@H](O)COc2cc(Cl)ccc2C#N)cc1. The summed E-state index contributed by atoms with van der Waals surface area (Å²) in [7, 11) is 0. The van der Waals surface area contributed by atoms with Crippen LogP contribution in [0.3, 0.4) is 0 Å². The van der Waals surface area contributed by atoms with Gasteiger partial charge in [0.05, 0.1) is 11.3 Å². The van der Waals surface area contributed by atoms with Gasteiger partial charge in [0, 0.05) is 47.7 Å². The molecule has 0 saturated carbocycles. The van der Waals surface area contributed by atoms with Gasteiger partial charge in [-0.25, -0.2) is 5.43 Å². The maximum absolute atomic E-state index is 11.4. The van der Waals surface area contributed by atoms with E-state index in [-0.39, 0.29) is 24.0 Å². The second-order valence-electron chi connectivity index (χ2n) is 9.05. The van der Waals surface area contributed by atoms with Crippen LogP contribution in [0.5, 0.6) is 5.75 Å². The van der Waals surface area contributed by atoms with Gasteiger partial charge < -0.3 is 20.5 Å². The van der Waals surface area contributed by atoms with Gasteiger partial charge in [0.25, 0.3) is 0 Å². The maximum atomic E-state index is 11.4. The molecule has 0 aromatic heterocycles. The molecule has 1 heterocycles. The Morgan fingerprint density at radius 3 is 2.74 bits per heavy atom. The first-order chi connectivity index (χ1) is 16.2. The Labute approximate surface area is 205 Å². The number of nitriles is 1. The highest BCUT2D eigenvalue weighted by Crippen LogP contribution is 2.23. The molecule has 4 N–H and O–H groups in total. The summed E-state index contributed by atoms with van der Waals surface area (Å²) in [5.74, 6) is 0.378. The van der Waals surface area contributed by atoms with Gasteiger partial charge in [-0.3, -0.25) is 4.79 Å². The van der Waals surface area contributed by atoms with Crippen molar-refractivity contribution < 1.29 is 14.6 Å². The van der Waals surface area contributed by atoms with E-state index in [0.717, 1.165) is 17.0 Å². The van der Waals surface area contributed by atoms with E-state index in [1.165, 1.54) is 0 Å². The molecule has 2 aromatic carbocycles. The number of aliphatic hydroxyl groups is 1. The first-order valence-corrected chi connectivity index (χ1v) is 11.5. The molecule has 0 fully saturated rings. The van der Waals surface area contributed by atoms with Gasteiger partial charge in [0.15, 0.2) is 0 Å². The Balaban J connectivity index is 1.46. The standard InChI is InChI=1S/C25H30ClN5O3/c1-16-10-23(33)30-31-24(16)17-5-8-20(9-6-17)28-15-25(2,3)29-13-21(32)14-34-22-11-19(26)7-4-18(22)12-27/h4-9,11,16,21,28-29,32H,10,13-15H2,1-3H3,(H,30,33)/t16-,21+/m1/s1. The van der Waals surface area contributed by atoms with Crippen LogP contribution in [0.25, 0.3) is 0 Å². The van der Waals surface area contributed by atoms with Crippen molar-refractivity contribution >= 4 is 28.9 Å². The number of carbonyl (C=O) groups excluding carboxylic acids is 1. The first-order valence-electron chi connectivity index (χ1n) is 11.1. The fourth-order valence-corrected chi connectivity index (χ4v) is 3.66. The summed E-state index contributed by atoms with van der Waals surface area (Å²) in [5, 5.41) is 30.9. The number of hydrogen-bond acceptors (Lipinski definition) is 7. The minimum Gasteiger partial charge on any atom is -0.489 e. The zero-order chi connectivity index (χ0) is 24.7. The van der Waals surface area contributed by atoms with Crippen molar-refractivity contribution in [2.24, 2.45) is 11.0 Å². The lowest BCUT2D eigenvalue weighted by Gasteiger charge is -2.28. The van der Waals surface area contributed by atoms with Crippen molar-refractivity contribution in [1.82, 2.24) is 10.7 Å². The summed E-state index contributed by atoms with van der Waals surface area (Å²) in [4.78, 5) is 11.4. The van der Waals surface area contributed by atoms with Crippen molar-refractivity contribution in [3.8, 4) is 11.8 Å².